The van der Waals surface area contributed by atoms with E-state index in [1.54, 1.807) is 13.0 Å². The minimum absolute atomic E-state index is 0.242. The van der Waals surface area contributed by atoms with Gasteiger partial charge in [-0.05, 0) is 19.3 Å². The maximum atomic E-state index is 10.7. The van der Waals surface area contributed by atoms with Gasteiger partial charge in [0, 0.05) is 6.08 Å². The van der Waals surface area contributed by atoms with Crippen molar-refractivity contribution in [2.45, 2.75) is 27.2 Å². The predicted octanol–water partition coefficient (Wildman–Crippen LogP) is 2.15. The van der Waals surface area contributed by atoms with Gasteiger partial charge in [-0.1, -0.05) is 19.9 Å². The van der Waals surface area contributed by atoms with Crippen molar-refractivity contribution in [3.63, 3.8) is 0 Å². The van der Waals surface area contributed by atoms with Gasteiger partial charge in [-0.2, -0.15) is 0 Å². The number of hydrogen-bond acceptors (Lipinski definition) is 2. The molecule has 11 heavy (non-hydrogen) atoms. The third-order valence-corrected chi connectivity index (χ3v) is 1.24. The fourth-order valence-corrected chi connectivity index (χ4v) is 0.579. The molecule has 0 fully saturated rings. The van der Waals surface area contributed by atoms with Crippen molar-refractivity contribution in [1.82, 2.24) is 0 Å². The van der Waals surface area contributed by atoms with Crippen molar-refractivity contribution in [3.05, 3.63) is 12.2 Å². The Morgan fingerprint density at radius 1 is 1.55 bits per heavy atom. The number of esters is 1. The first-order chi connectivity index (χ1) is 5.16. The van der Waals surface area contributed by atoms with E-state index in [0.29, 0.717) is 12.5 Å². The van der Waals surface area contributed by atoms with Crippen molar-refractivity contribution < 1.29 is 9.53 Å². The molecule has 0 radical (unpaired) electrons. The summed E-state index contributed by atoms with van der Waals surface area (Å²) < 4.78 is 4.87. The van der Waals surface area contributed by atoms with Crippen LogP contribution in [0, 0.1) is 5.92 Å². The van der Waals surface area contributed by atoms with E-state index in [9.17, 15) is 4.79 Å². The van der Waals surface area contributed by atoms with Gasteiger partial charge < -0.3 is 4.74 Å². The summed E-state index contributed by atoms with van der Waals surface area (Å²) in [4.78, 5) is 10.7. The Labute approximate surface area is 68.2 Å². The molecule has 2 heteroatoms. The lowest BCUT2D eigenvalue weighted by Gasteiger charge is -2.03. The van der Waals surface area contributed by atoms with E-state index in [0.717, 1.165) is 6.42 Å². The number of carbonyl (C=O) groups excluding carboxylic acids is 1. The van der Waals surface area contributed by atoms with E-state index < -0.39 is 0 Å². The Morgan fingerprint density at radius 3 is 2.64 bits per heavy atom. The minimum Gasteiger partial charge on any atom is -0.463 e. The lowest BCUT2D eigenvalue weighted by Crippen LogP contribution is -2.04. The molecule has 0 aliphatic heterocycles. The smallest absolute Gasteiger partial charge is 0.330 e. The van der Waals surface area contributed by atoms with Crippen LogP contribution in [0.15, 0.2) is 12.2 Å². The number of hydrogen-bond donors (Lipinski definition) is 0. The highest BCUT2D eigenvalue weighted by Gasteiger charge is 1.97. The highest BCUT2D eigenvalue weighted by molar-refractivity contribution is 5.81. The fourth-order valence-electron chi connectivity index (χ4n) is 0.579. The van der Waals surface area contributed by atoms with Crippen molar-refractivity contribution in [2.24, 2.45) is 5.92 Å². The normalized spacial score (nSPS) is 10.9. The second kappa shape index (κ2) is 5.96. The van der Waals surface area contributed by atoms with Crippen molar-refractivity contribution in [3.8, 4) is 0 Å². The Balaban J connectivity index is 3.32. The highest BCUT2D eigenvalue weighted by atomic mass is 16.5. The van der Waals surface area contributed by atoms with Crippen LogP contribution in [0.2, 0.25) is 0 Å². The summed E-state index contributed by atoms with van der Waals surface area (Å²) in [5.74, 6) is 0.349. The zero-order valence-electron chi connectivity index (χ0n) is 7.46. The summed E-state index contributed by atoms with van der Waals surface area (Å²) in [7, 11) is 0. The van der Waals surface area contributed by atoms with Crippen LogP contribution >= 0.6 is 0 Å². The first-order valence-corrected chi connectivity index (χ1v) is 3.96. The SMILES string of the molecule is C/C=C/C(=O)OCCC(C)C. The van der Waals surface area contributed by atoms with Crippen LogP contribution in [-0.2, 0) is 9.53 Å². The number of ether oxygens (including phenoxy) is 1. The standard InChI is InChI=1S/C9H16O2/c1-4-5-9(10)11-7-6-8(2)3/h4-5,8H,6-7H2,1-3H3/b5-4+. The quantitative estimate of drug-likeness (QED) is 0.460. The molecule has 0 aromatic carbocycles. The van der Waals surface area contributed by atoms with E-state index in [2.05, 4.69) is 13.8 Å². The zero-order chi connectivity index (χ0) is 8.69. The van der Waals surface area contributed by atoms with Crippen LogP contribution in [0.4, 0.5) is 0 Å². The number of rotatable bonds is 4. The van der Waals surface area contributed by atoms with Crippen LogP contribution < -0.4 is 0 Å². The third kappa shape index (κ3) is 7.10. The van der Waals surface area contributed by atoms with Gasteiger partial charge in [0.05, 0.1) is 6.61 Å². The Kier molecular flexibility index (Phi) is 5.53. The molecule has 0 bridgehead atoms. The summed E-state index contributed by atoms with van der Waals surface area (Å²) in [6.45, 7) is 6.53. The molecule has 0 atom stereocenters. The van der Waals surface area contributed by atoms with Crippen LogP contribution in [0.5, 0.6) is 0 Å². The van der Waals surface area contributed by atoms with Crippen molar-refractivity contribution in [1.29, 1.82) is 0 Å². The summed E-state index contributed by atoms with van der Waals surface area (Å²) in [6.07, 6.45) is 4.04. The lowest BCUT2D eigenvalue weighted by atomic mass is 10.1. The molecule has 0 spiro atoms. The fraction of sp³-hybridized carbons (Fsp3) is 0.667. The third-order valence-electron chi connectivity index (χ3n) is 1.24. The number of carbonyl (C=O) groups is 1. The van der Waals surface area contributed by atoms with E-state index in [-0.39, 0.29) is 5.97 Å². The van der Waals surface area contributed by atoms with E-state index in [1.807, 2.05) is 0 Å². The zero-order valence-corrected chi connectivity index (χ0v) is 7.46. The van der Waals surface area contributed by atoms with Crippen LogP contribution in [-0.4, -0.2) is 12.6 Å². The van der Waals surface area contributed by atoms with Gasteiger partial charge in [0.25, 0.3) is 0 Å². The molecule has 0 N–H and O–H groups in total. The van der Waals surface area contributed by atoms with Gasteiger partial charge in [0.1, 0.15) is 0 Å². The molecule has 0 saturated heterocycles. The molecule has 0 saturated carbocycles. The van der Waals surface area contributed by atoms with E-state index >= 15 is 0 Å². The largest absolute Gasteiger partial charge is 0.463 e. The Morgan fingerprint density at radius 2 is 2.18 bits per heavy atom. The van der Waals surface area contributed by atoms with Gasteiger partial charge in [-0.3, -0.25) is 0 Å². The average Bonchev–Trinajstić information content (AvgIpc) is 1.87. The molecule has 0 aliphatic rings. The first-order valence-electron chi connectivity index (χ1n) is 3.96. The van der Waals surface area contributed by atoms with Gasteiger partial charge in [0.15, 0.2) is 0 Å². The molecule has 0 aromatic rings. The Bertz CT molecular complexity index is 136. The van der Waals surface area contributed by atoms with Crippen molar-refractivity contribution in [2.75, 3.05) is 6.61 Å². The highest BCUT2D eigenvalue weighted by Crippen LogP contribution is 1.98. The van der Waals surface area contributed by atoms with E-state index in [4.69, 9.17) is 4.74 Å². The predicted molar refractivity (Wildman–Crippen MR) is 45.2 cm³/mol. The van der Waals surface area contributed by atoms with E-state index in [1.165, 1.54) is 6.08 Å². The van der Waals surface area contributed by atoms with Gasteiger partial charge >= 0.3 is 5.97 Å². The molecular weight excluding hydrogens is 140 g/mol. The molecule has 0 aliphatic carbocycles. The molecule has 0 unspecified atom stereocenters. The molecule has 64 valence electrons. The van der Waals surface area contributed by atoms with Gasteiger partial charge in [-0.25, -0.2) is 4.79 Å². The molecular formula is C9H16O2. The van der Waals surface area contributed by atoms with Crippen LogP contribution in [0.3, 0.4) is 0 Å². The summed E-state index contributed by atoms with van der Waals surface area (Å²) in [5, 5.41) is 0. The number of allylic oxidation sites excluding steroid dienone is 1. The molecule has 0 heterocycles. The summed E-state index contributed by atoms with van der Waals surface area (Å²) in [5.41, 5.74) is 0. The molecule has 0 aromatic heterocycles. The van der Waals surface area contributed by atoms with Crippen LogP contribution in [0.1, 0.15) is 27.2 Å². The second-order valence-corrected chi connectivity index (χ2v) is 2.85. The van der Waals surface area contributed by atoms with Crippen molar-refractivity contribution >= 4 is 5.97 Å². The minimum atomic E-state index is -0.242. The molecule has 0 amide bonds. The average molecular weight is 156 g/mol. The Hall–Kier alpha value is -0.790. The van der Waals surface area contributed by atoms with Gasteiger partial charge in [0.2, 0.25) is 0 Å². The lowest BCUT2D eigenvalue weighted by molar-refractivity contribution is -0.138. The van der Waals surface area contributed by atoms with Gasteiger partial charge in [-0.15, -0.1) is 0 Å². The topological polar surface area (TPSA) is 26.3 Å². The monoisotopic (exact) mass is 156 g/mol. The second-order valence-electron chi connectivity index (χ2n) is 2.85. The first kappa shape index (κ1) is 10.2. The summed E-state index contributed by atoms with van der Waals surface area (Å²) in [6, 6.07) is 0. The molecule has 2 nitrogen and oxygen atoms in total. The maximum Gasteiger partial charge on any atom is 0.330 e. The summed E-state index contributed by atoms with van der Waals surface area (Å²) >= 11 is 0. The molecule has 0 rings (SSSR count). The van der Waals surface area contributed by atoms with Crippen LogP contribution in [0.25, 0.3) is 0 Å². The maximum absolute atomic E-state index is 10.7.